The molecule has 1 atom stereocenters. The van der Waals surface area contributed by atoms with Crippen LogP contribution in [0.15, 0.2) is 36.9 Å². The zero-order chi connectivity index (χ0) is 12.8. The molecule has 0 aliphatic carbocycles. The molecule has 4 heteroatoms. The van der Waals surface area contributed by atoms with Gasteiger partial charge in [0.25, 0.3) is 0 Å². The molecule has 1 N–H and O–H groups in total. The molecule has 0 radical (unpaired) electrons. The van der Waals surface area contributed by atoms with E-state index in [0.29, 0.717) is 0 Å². The summed E-state index contributed by atoms with van der Waals surface area (Å²) in [4.78, 5) is 12.9. The first-order valence-corrected chi connectivity index (χ1v) is 6.20. The standard InChI is InChI=1S/C14H18N4/c1-3-16-13(7-12-5-4-6-15-10-12)14-17-8-11(2)9-18-14/h4-6,8-10,13,16H,3,7H2,1-2H3. The third-order valence-corrected chi connectivity index (χ3v) is 2.73. The van der Waals surface area contributed by atoms with Crippen LogP contribution in [-0.4, -0.2) is 21.5 Å². The van der Waals surface area contributed by atoms with Crippen molar-refractivity contribution in [1.29, 1.82) is 0 Å². The Balaban J connectivity index is 2.15. The van der Waals surface area contributed by atoms with Gasteiger partial charge in [-0.15, -0.1) is 0 Å². The number of aromatic nitrogens is 3. The molecule has 2 aromatic heterocycles. The van der Waals surface area contributed by atoms with Crippen molar-refractivity contribution in [3.63, 3.8) is 0 Å². The maximum Gasteiger partial charge on any atom is 0.145 e. The highest BCUT2D eigenvalue weighted by molar-refractivity contribution is 5.13. The van der Waals surface area contributed by atoms with E-state index < -0.39 is 0 Å². The van der Waals surface area contributed by atoms with Crippen LogP contribution in [0.3, 0.4) is 0 Å². The van der Waals surface area contributed by atoms with Crippen molar-refractivity contribution in [2.45, 2.75) is 26.3 Å². The first-order valence-electron chi connectivity index (χ1n) is 6.20. The molecule has 0 amide bonds. The van der Waals surface area contributed by atoms with E-state index in [1.54, 1.807) is 6.20 Å². The predicted molar refractivity (Wildman–Crippen MR) is 71.1 cm³/mol. The van der Waals surface area contributed by atoms with Crippen molar-refractivity contribution in [3.8, 4) is 0 Å². The molecule has 2 rings (SSSR count). The van der Waals surface area contributed by atoms with E-state index in [4.69, 9.17) is 0 Å². The van der Waals surface area contributed by atoms with Gasteiger partial charge in [-0.2, -0.15) is 0 Å². The van der Waals surface area contributed by atoms with E-state index in [-0.39, 0.29) is 6.04 Å². The van der Waals surface area contributed by atoms with Crippen LogP contribution in [0.25, 0.3) is 0 Å². The molecule has 94 valence electrons. The summed E-state index contributed by atoms with van der Waals surface area (Å²) in [6, 6.07) is 4.17. The largest absolute Gasteiger partial charge is 0.307 e. The molecule has 1 unspecified atom stereocenters. The van der Waals surface area contributed by atoms with Gasteiger partial charge < -0.3 is 5.32 Å². The van der Waals surface area contributed by atoms with Crippen LogP contribution in [0.1, 0.15) is 29.9 Å². The molecular weight excluding hydrogens is 224 g/mol. The Morgan fingerprint density at radius 1 is 1.22 bits per heavy atom. The molecule has 0 spiro atoms. The lowest BCUT2D eigenvalue weighted by molar-refractivity contribution is 0.520. The third-order valence-electron chi connectivity index (χ3n) is 2.73. The van der Waals surface area contributed by atoms with Gasteiger partial charge in [0.1, 0.15) is 5.82 Å². The van der Waals surface area contributed by atoms with Crippen molar-refractivity contribution in [2.75, 3.05) is 6.54 Å². The number of rotatable bonds is 5. The zero-order valence-corrected chi connectivity index (χ0v) is 10.8. The van der Waals surface area contributed by atoms with E-state index >= 15 is 0 Å². The van der Waals surface area contributed by atoms with Crippen LogP contribution >= 0.6 is 0 Å². The summed E-state index contributed by atoms with van der Waals surface area (Å²) in [5, 5.41) is 3.41. The van der Waals surface area contributed by atoms with Crippen LogP contribution in [-0.2, 0) is 6.42 Å². The molecule has 0 aliphatic heterocycles. The van der Waals surface area contributed by atoms with Gasteiger partial charge in [-0.05, 0) is 37.1 Å². The lowest BCUT2D eigenvalue weighted by atomic mass is 10.1. The van der Waals surface area contributed by atoms with Gasteiger partial charge >= 0.3 is 0 Å². The van der Waals surface area contributed by atoms with Crippen molar-refractivity contribution in [1.82, 2.24) is 20.3 Å². The number of nitrogens with one attached hydrogen (secondary N) is 1. The number of likely N-dealkylation sites (N-methyl/N-ethyl adjacent to an activating group) is 1. The van der Waals surface area contributed by atoms with Crippen molar-refractivity contribution in [3.05, 3.63) is 53.9 Å². The predicted octanol–water partition coefficient (Wildman–Crippen LogP) is 2.07. The Labute approximate surface area is 108 Å². The summed E-state index contributed by atoms with van der Waals surface area (Å²) in [6.45, 7) is 4.97. The van der Waals surface area contributed by atoms with Gasteiger partial charge in [-0.1, -0.05) is 13.0 Å². The number of pyridine rings is 1. The van der Waals surface area contributed by atoms with E-state index in [1.165, 1.54) is 5.56 Å². The molecule has 0 saturated heterocycles. The van der Waals surface area contributed by atoms with Gasteiger partial charge in [0.2, 0.25) is 0 Å². The molecule has 2 heterocycles. The van der Waals surface area contributed by atoms with E-state index in [9.17, 15) is 0 Å². The Hall–Kier alpha value is -1.81. The smallest absolute Gasteiger partial charge is 0.145 e. The second kappa shape index (κ2) is 6.21. The van der Waals surface area contributed by atoms with Crippen LogP contribution < -0.4 is 5.32 Å². The summed E-state index contributed by atoms with van der Waals surface area (Å²) in [7, 11) is 0. The fourth-order valence-corrected chi connectivity index (χ4v) is 1.84. The number of aryl methyl sites for hydroxylation is 1. The summed E-state index contributed by atoms with van der Waals surface area (Å²) in [5.74, 6) is 0.839. The van der Waals surface area contributed by atoms with Gasteiger partial charge in [0.15, 0.2) is 0 Å². The molecule has 2 aromatic rings. The van der Waals surface area contributed by atoms with Crippen molar-refractivity contribution in [2.24, 2.45) is 0 Å². The minimum atomic E-state index is 0.139. The minimum absolute atomic E-state index is 0.139. The lowest BCUT2D eigenvalue weighted by Crippen LogP contribution is -2.25. The second-order valence-electron chi connectivity index (χ2n) is 4.29. The first kappa shape index (κ1) is 12.6. The van der Waals surface area contributed by atoms with Crippen LogP contribution in [0.4, 0.5) is 0 Å². The molecule has 0 bridgehead atoms. The fraction of sp³-hybridized carbons (Fsp3) is 0.357. The van der Waals surface area contributed by atoms with Gasteiger partial charge in [0.05, 0.1) is 6.04 Å². The Morgan fingerprint density at radius 3 is 2.61 bits per heavy atom. The van der Waals surface area contributed by atoms with Gasteiger partial charge in [-0.25, -0.2) is 9.97 Å². The molecule has 18 heavy (non-hydrogen) atoms. The maximum absolute atomic E-state index is 4.40. The number of hydrogen-bond donors (Lipinski definition) is 1. The highest BCUT2D eigenvalue weighted by Crippen LogP contribution is 2.14. The topological polar surface area (TPSA) is 50.7 Å². The van der Waals surface area contributed by atoms with E-state index in [0.717, 1.165) is 24.4 Å². The molecule has 4 nitrogen and oxygen atoms in total. The Bertz CT molecular complexity index is 467. The molecular formula is C14H18N4. The monoisotopic (exact) mass is 242 g/mol. The summed E-state index contributed by atoms with van der Waals surface area (Å²) >= 11 is 0. The van der Waals surface area contributed by atoms with Crippen LogP contribution in [0, 0.1) is 6.92 Å². The summed E-state index contributed by atoms with van der Waals surface area (Å²) in [6.07, 6.45) is 8.24. The Kier molecular flexibility index (Phi) is 4.36. The number of hydrogen-bond acceptors (Lipinski definition) is 4. The zero-order valence-electron chi connectivity index (χ0n) is 10.8. The molecule has 0 fully saturated rings. The number of nitrogens with zero attached hydrogens (tertiary/aromatic N) is 3. The summed E-state index contributed by atoms with van der Waals surface area (Å²) < 4.78 is 0. The SMILES string of the molecule is CCNC(Cc1cccnc1)c1ncc(C)cn1. The highest BCUT2D eigenvalue weighted by Gasteiger charge is 2.13. The second-order valence-corrected chi connectivity index (χ2v) is 4.29. The molecule has 0 aromatic carbocycles. The quantitative estimate of drug-likeness (QED) is 0.872. The lowest BCUT2D eigenvalue weighted by Gasteiger charge is -2.16. The van der Waals surface area contributed by atoms with Crippen molar-refractivity contribution >= 4 is 0 Å². The minimum Gasteiger partial charge on any atom is -0.307 e. The Morgan fingerprint density at radius 2 is 2.00 bits per heavy atom. The van der Waals surface area contributed by atoms with E-state index in [2.05, 4.69) is 33.3 Å². The molecule has 0 aliphatic rings. The van der Waals surface area contributed by atoms with Crippen molar-refractivity contribution < 1.29 is 0 Å². The maximum atomic E-state index is 4.40. The summed E-state index contributed by atoms with van der Waals surface area (Å²) in [5.41, 5.74) is 2.27. The fourth-order valence-electron chi connectivity index (χ4n) is 1.84. The van der Waals surface area contributed by atoms with Gasteiger partial charge in [0, 0.05) is 24.8 Å². The van der Waals surface area contributed by atoms with Crippen LogP contribution in [0.2, 0.25) is 0 Å². The molecule has 0 saturated carbocycles. The first-order chi connectivity index (χ1) is 8.79. The van der Waals surface area contributed by atoms with Crippen LogP contribution in [0.5, 0.6) is 0 Å². The van der Waals surface area contributed by atoms with E-state index in [1.807, 2.05) is 31.6 Å². The van der Waals surface area contributed by atoms with Gasteiger partial charge in [-0.3, -0.25) is 4.98 Å². The normalized spacial score (nSPS) is 12.3. The average molecular weight is 242 g/mol. The average Bonchev–Trinajstić information content (AvgIpc) is 2.40. The third kappa shape index (κ3) is 3.34. The highest BCUT2D eigenvalue weighted by atomic mass is 15.0.